The molecule has 0 saturated carbocycles. The van der Waals surface area contributed by atoms with Crippen LogP contribution >= 0.6 is 0 Å². The van der Waals surface area contributed by atoms with E-state index in [2.05, 4.69) is 0 Å². The molecule has 1 aliphatic carbocycles. The number of nitrogens with zero attached hydrogens (tertiary/aromatic N) is 3. The van der Waals surface area contributed by atoms with E-state index in [0.717, 1.165) is 22.6 Å². The Morgan fingerprint density at radius 1 is 0.878 bits per heavy atom. The molecule has 5 N–H and O–H groups in total. The maximum Gasteiger partial charge on any atom is 0.323 e. The summed E-state index contributed by atoms with van der Waals surface area (Å²) in [4.78, 5) is 60.0. The first-order chi connectivity index (χ1) is 23.1. The number of aliphatic hydroxyl groups is 1. The summed E-state index contributed by atoms with van der Waals surface area (Å²) in [6.45, 7) is -2.25. The van der Waals surface area contributed by atoms with Gasteiger partial charge in [0.05, 0.1) is 16.7 Å². The van der Waals surface area contributed by atoms with E-state index in [-0.39, 0.29) is 42.4 Å². The number of carbonyl (C=O) groups is 4. The van der Waals surface area contributed by atoms with E-state index in [0.29, 0.717) is 10.5 Å². The summed E-state index contributed by atoms with van der Waals surface area (Å²) in [5, 5.41) is 61.5. The average Bonchev–Trinajstić information content (AvgIpc) is 3.37. The number of para-hydroxylation sites is 1. The van der Waals surface area contributed by atoms with Gasteiger partial charge in [-0.05, 0) is 42.3 Å². The molecule has 2 aliphatic rings. The van der Waals surface area contributed by atoms with Crippen LogP contribution in [0.15, 0.2) is 65.9 Å². The lowest BCUT2D eigenvalue weighted by molar-refractivity contribution is -0.574. The van der Waals surface area contributed by atoms with E-state index in [9.17, 15) is 54.8 Å². The van der Waals surface area contributed by atoms with Gasteiger partial charge < -0.3 is 49.4 Å². The van der Waals surface area contributed by atoms with E-state index >= 15 is 0 Å². The van der Waals surface area contributed by atoms with Crippen molar-refractivity contribution in [3.8, 4) is 11.5 Å². The second-order valence-electron chi connectivity index (χ2n) is 11.0. The van der Waals surface area contributed by atoms with Gasteiger partial charge in [-0.15, -0.1) is 0 Å². The fourth-order valence-corrected chi connectivity index (χ4v) is 5.47. The summed E-state index contributed by atoms with van der Waals surface area (Å²) >= 11 is 0. The molecule has 4 rings (SSSR count). The molecule has 2 unspecified atom stereocenters. The highest BCUT2D eigenvalue weighted by atomic mass is 16.8. The minimum absolute atomic E-state index is 0.109. The molecule has 1 saturated heterocycles. The highest BCUT2D eigenvalue weighted by Gasteiger charge is 2.59. The largest absolute Gasteiger partial charge is 0.490 e. The van der Waals surface area contributed by atoms with Gasteiger partial charge in [0, 0.05) is 12.0 Å². The molecule has 2 aromatic rings. The molecule has 0 aromatic heterocycles. The number of hydrogen-bond donors (Lipinski definition) is 5. The maximum atomic E-state index is 12.8. The maximum absolute atomic E-state index is 12.8. The summed E-state index contributed by atoms with van der Waals surface area (Å²) in [5.41, 5.74) is -1.52. The molecular weight excluding hydrogens is 654 g/mol. The number of fused-ring (bicyclic) bond motifs is 1. The van der Waals surface area contributed by atoms with Crippen LogP contribution < -0.4 is 14.4 Å². The van der Waals surface area contributed by atoms with Crippen LogP contribution in [0.5, 0.6) is 11.5 Å². The standard InChI is InChI=1S/C31H33N3O15/c1-19-6-7-22(32(14-26(35)36)15-27(37)38)24(10-19)47-9-8-46-23-5-3-2-4-20(23)11-21-12-31(43)25(48-18-49-31)13-30(21,34(44)45)33(16-28(39)40)17-29(41)42/h2-7,10,12-13,43H,8-9,11,14-18H2,1H3,(H,35,36)(H,37,38)(H,39,40)(H,41,42). The summed E-state index contributed by atoms with van der Waals surface area (Å²) in [5.74, 6) is -7.81. The monoisotopic (exact) mass is 687 g/mol. The first-order valence-corrected chi connectivity index (χ1v) is 14.5. The minimum Gasteiger partial charge on any atom is -0.490 e. The third-order valence-electron chi connectivity index (χ3n) is 7.49. The smallest absolute Gasteiger partial charge is 0.323 e. The zero-order chi connectivity index (χ0) is 35.9. The molecule has 18 heteroatoms. The number of carboxylic acids is 4. The van der Waals surface area contributed by atoms with Gasteiger partial charge in [-0.1, -0.05) is 24.3 Å². The quantitative estimate of drug-likeness (QED) is 0.0480. The third kappa shape index (κ3) is 8.42. The molecule has 18 nitrogen and oxygen atoms in total. The first-order valence-electron chi connectivity index (χ1n) is 14.5. The Morgan fingerprint density at radius 2 is 1.47 bits per heavy atom. The molecule has 0 amide bonds. The molecule has 2 atom stereocenters. The minimum atomic E-state index is -2.60. The zero-order valence-corrected chi connectivity index (χ0v) is 26.0. The van der Waals surface area contributed by atoms with Gasteiger partial charge in [-0.25, -0.2) is 4.90 Å². The number of nitro groups is 1. The van der Waals surface area contributed by atoms with Gasteiger partial charge in [0.2, 0.25) is 5.79 Å². The van der Waals surface area contributed by atoms with Crippen LogP contribution in [0.4, 0.5) is 5.69 Å². The summed E-state index contributed by atoms with van der Waals surface area (Å²) in [6, 6.07) is 11.1. The second-order valence-corrected chi connectivity index (χ2v) is 11.0. The number of aryl methyl sites for hydroxylation is 1. The number of ether oxygens (including phenoxy) is 4. The Balaban J connectivity index is 1.61. The van der Waals surface area contributed by atoms with Crippen LogP contribution in [-0.4, -0.2) is 117 Å². The lowest BCUT2D eigenvalue weighted by Crippen LogP contribution is -2.60. The van der Waals surface area contributed by atoms with E-state index in [4.69, 9.17) is 18.9 Å². The van der Waals surface area contributed by atoms with Gasteiger partial charge in [0.25, 0.3) is 0 Å². The predicted octanol–water partition coefficient (Wildman–Crippen LogP) is 0.932. The Kier molecular flexibility index (Phi) is 11.1. The Labute approximate surface area is 277 Å². The number of aliphatic carboxylic acids is 4. The molecule has 0 radical (unpaired) electrons. The van der Waals surface area contributed by atoms with Crippen molar-refractivity contribution in [3.63, 3.8) is 0 Å². The molecule has 1 fully saturated rings. The Hall–Kier alpha value is -5.72. The van der Waals surface area contributed by atoms with Crippen LogP contribution in [0.2, 0.25) is 0 Å². The number of rotatable bonds is 18. The van der Waals surface area contributed by atoms with Crippen LogP contribution in [0.3, 0.4) is 0 Å². The van der Waals surface area contributed by atoms with Gasteiger partial charge in [-0.3, -0.25) is 29.3 Å². The van der Waals surface area contributed by atoms with Crippen LogP contribution in [0.25, 0.3) is 0 Å². The van der Waals surface area contributed by atoms with Crippen molar-refractivity contribution in [1.29, 1.82) is 0 Å². The van der Waals surface area contributed by atoms with Crippen LogP contribution in [-0.2, 0) is 35.1 Å². The molecular formula is C31H33N3O15. The number of anilines is 1. The SMILES string of the molecule is Cc1ccc(N(CC(=O)O)CC(=O)O)c(OCCOc2ccccc2CC2=CC3(O)OCOC3=CC2(N(CC(=O)O)CC(=O)O)[N+](=O)[O-])c1. The van der Waals surface area contributed by atoms with Crippen molar-refractivity contribution in [3.05, 3.63) is 87.2 Å². The van der Waals surface area contributed by atoms with Crippen LogP contribution in [0, 0.1) is 17.0 Å². The van der Waals surface area contributed by atoms with Gasteiger partial charge >= 0.3 is 29.5 Å². The Morgan fingerprint density at radius 3 is 2.06 bits per heavy atom. The highest BCUT2D eigenvalue weighted by molar-refractivity contribution is 5.81. The first kappa shape index (κ1) is 36.1. The molecule has 0 bridgehead atoms. The van der Waals surface area contributed by atoms with Crippen molar-refractivity contribution in [1.82, 2.24) is 4.90 Å². The van der Waals surface area contributed by atoms with Crippen molar-refractivity contribution < 1.29 is 68.6 Å². The number of hydrogen-bond acceptors (Lipinski definition) is 13. The van der Waals surface area contributed by atoms with E-state index < -0.39 is 79.0 Å². The molecule has 49 heavy (non-hydrogen) atoms. The summed E-state index contributed by atoms with van der Waals surface area (Å²) < 4.78 is 22.3. The van der Waals surface area contributed by atoms with E-state index in [1.807, 2.05) is 0 Å². The highest BCUT2D eigenvalue weighted by Crippen LogP contribution is 2.43. The normalized spacial score (nSPS) is 19.6. The van der Waals surface area contributed by atoms with Gasteiger partial charge in [0.15, 0.2) is 12.6 Å². The van der Waals surface area contributed by atoms with Crippen LogP contribution in [0.1, 0.15) is 11.1 Å². The third-order valence-corrected chi connectivity index (χ3v) is 7.49. The lowest BCUT2D eigenvalue weighted by atomic mass is 9.84. The fourth-order valence-electron chi connectivity index (χ4n) is 5.47. The van der Waals surface area contributed by atoms with E-state index in [1.54, 1.807) is 43.3 Å². The van der Waals surface area contributed by atoms with Crippen molar-refractivity contribution in [2.75, 3.05) is 51.1 Å². The predicted molar refractivity (Wildman–Crippen MR) is 165 cm³/mol. The Bertz CT molecular complexity index is 1660. The van der Waals surface area contributed by atoms with Gasteiger partial charge in [-0.2, -0.15) is 0 Å². The fraction of sp³-hybridized carbons (Fsp3) is 0.355. The number of benzene rings is 2. The zero-order valence-electron chi connectivity index (χ0n) is 26.0. The van der Waals surface area contributed by atoms with E-state index in [1.165, 1.54) is 6.07 Å². The molecule has 1 heterocycles. The molecule has 1 aliphatic heterocycles. The van der Waals surface area contributed by atoms with Crippen molar-refractivity contribution in [2.45, 2.75) is 24.8 Å². The topological polar surface area (TPSA) is 256 Å². The molecule has 0 spiro atoms. The number of carboxylic acid groups (broad SMARTS) is 4. The molecule has 262 valence electrons. The molecule has 2 aromatic carbocycles. The summed E-state index contributed by atoms with van der Waals surface area (Å²) in [6.07, 6.45) is 1.49. The van der Waals surface area contributed by atoms with Crippen molar-refractivity contribution >= 4 is 29.6 Å². The van der Waals surface area contributed by atoms with Gasteiger partial charge in [0.1, 0.15) is 50.9 Å². The lowest BCUT2D eigenvalue weighted by Gasteiger charge is -2.38. The average molecular weight is 688 g/mol. The van der Waals surface area contributed by atoms with Crippen molar-refractivity contribution in [2.24, 2.45) is 0 Å². The summed E-state index contributed by atoms with van der Waals surface area (Å²) in [7, 11) is 0. The second kappa shape index (κ2) is 15.0.